The van der Waals surface area contributed by atoms with E-state index >= 15 is 0 Å². The van der Waals surface area contributed by atoms with Gasteiger partial charge in [0.15, 0.2) is 6.29 Å². The summed E-state index contributed by atoms with van der Waals surface area (Å²) in [7, 11) is 0. The molecule has 3 aromatic rings. The summed E-state index contributed by atoms with van der Waals surface area (Å²) < 4.78 is 2.03. The third-order valence-corrected chi connectivity index (χ3v) is 4.51. The Morgan fingerprint density at radius 3 is 3.00 bits per heavy atom. The molecule has 102 valence electrons. The lowest BCUT2D eigenvalue weighted by Crippen LogP contribution is -1.98. The van der Waals surface area contributed by atoms with Crippen molar-refractivity contribution in [1.82, 2.24) is 9.55 Å². The predicted molar refractivity (Wildman–Crippen MR) is 82.9 cm³/mol. The Kier molecular flexibility index (Phi) is 3.59. The number of aldehydes is 1. The Morgan fingerprint density at radius 1 is 1.45 bits per heavy atom. The third-order valence-electron chi connectivity index (χ3n) is 3.24. The molecular weight excluding hydrogens is 292 g/mol. The highest BCUT2D eigenvalue weighted by Crippen LogP contribution is 2.25. The molecule has 0 saturated heterocycles. The maximum Gasteiger partial charge on any atom is 0.152 e. The molecule has 2 heterocycles. The van der Waals surface area contributed by atoms with Crippen molar-refractivity contribution in [2.24, 2.45) is 0 Å². The van der Waals surface area contributed by atoms with Gasteiger partial charge in [-0.2, -0.15) is 0 Å². The van der Waals surface area contributed by atoms with Gasteiger partial charge >= 0.3 is 0 Å². The number of carbonyl (C=O) groups is 1. The van der Waals surface area contributed by atoms with Gasteiger partial charge in [0, 0.05) is 27.5 Å². The van der Waals surface area contributed by atoms with E-state index in [1.54, 1.807) is 17.4 Å². The number of halogens is 1. The topological polar surface area (TPSA) is 34.9 Å². The second-order valence-electron chi connectivity index (χ2n) is 4.58. The minimum Gasteiger partial charge on any atom is -0.341 e. The first kappa shape index (κ1) is 13.3. The summed E-state index contributed by atoms with van der Waals surface area (Å²) in [6, 6.07) is 5.58. The molecule has 5 heteroatoms. The van der Waals surface area contributed by atoms with E-state index in [1.165, 1.54) is 0 Å². The number of hydrogen-bond donors (Lipinski definition) is 0. The summed E-state index contributed by atoms with van der Waals surface area (Å²) in [5.74, 6) is 0. The van der Waals surface area contributed by atoms with Crippen molar-refractivity contribution in [2.45, 2.75) is 19.9 Å². The number of aryl methyl sites for hydroxylation is 1. The van der Waals surface area contributed by atoms with Gasteiger partial charge in [-0.3, -0.25) is 4.79 Å². The minimum atomic E-state index is 0.654. The molecule has 0 N–H and O–H groups in total. The molecule has 0 atom stereocenters. The van der Waals surface area contributed by atoms with Crippen LogP contribution in [-0.4, -0.2) is 15.8 Å². The van der Waals surface area contributed by atoms with Crippen molar-refractivity contribution in [1.29, 1.82) is 0 Å². The fourth-order valence-corrected chi connectivity index (χ4v) is 3.18. The maximum atomic E-state index is 11.2. The Morgan fingerprint density at radius 2 is 2.30 bits per heavy atom. The molecule has 0 radical (unpaired) electrons. The van der Waals surface area contributed by atoms with E-state index in [2.05, 4.69) is 17.3 Å². The molecule has 1 aromatic carbocycles. The van der Waals surface area contributed by atoms with Crippen molar-refractivity contribution in [3.8, 4) is 0 Å². The van der Waals surface area contributed by atoms with Crippen LogP contribution in [0.1, 0.15) is 28.0 Å². The smallest absolute Gasteiger partial charge is 0.152 e. The molecule has 0 spiro atoms. The second-order valence-corrected chi connectivity index (χ2v) is 5.96. The first-order valence-electron chi connectivity index (χ1n) is 6.38. The Bertz CT molecular complexity index is 775. The number of fused-ring (bicyclic) bond motifs is 1. The summed E-state index contributed by atoms with van der Waals surface area (Å²) in [6.45, 7) is 2.75. The number of hydrogen-bond acceptors (Lipinski definition) is 3. The van der Waals surface area contributed by atoms with E-state index in [0.29, 0.717) is 17.1 Å². The highest BCUT2D eigenvalue weighted by atomic mass is 35.5. The number of carbonyl (C=O) groups excluding carboxylic acids is 1. The fourth-order valence-electron chi connectivity index (χ4n) is 2.28. The van der Waals surface area contributed by atoms with Crippen LogP contribution in [-0.2, 0) is 13.0 Å². The van der Waals surface area contributed by atoms with Crippen LogP contribution in [0, 0.1) is 0 Å². The van der Waals surface area contributed by atoms with Crippen LogP contribution in [0.3, 0.4) is 0 Å². The van der Waals surface area contributed by atoms with Crippen LogP contribution in [0.15, 0.2) is 29.8 Å². The number of nitrogens with zero attached hydrogens (tertiary/aromatic N) is 2. The molecule has 0 fully saturated rings. The largest absolute Gasteiger partial charge is 0.341 e. The van der Waals surface area contributed by atoms with Crippen LogP contribution < -0.4 is 0 Å². The first-order chi connectivity index (χ1) is 9.71. The second kappa shape index (κ2) is 5.38. The van der Waals surface area contributed by atoms with Crippen molar-refractivity contribution >= 4 is 40.1 Å². The number of rotatable bonds is 4. The van der Waals surface area contributed by atoms with Crippen LogP contribution in [0.25, 0.3) is 10.9 Å². The van der Waals surface area contributed by atoms with Crippen molar-refractivity contribution < 1.29 is 4.79 Å². The average Bonchev–Trinajstić information content (AvgIpc) is 3.04. The summed E-state index contributed by atoms with van der Waals surface area (Å²) in [5, 5.41) is 4.79. The van der Waals surface area contributed by atoms with Gasteiger partial charge in [-0.15, -0.1) is 11.3 Å². The Labute approximate surface area is 125 Å². The highest BCUT2D eigenvalue weighted by molar-refractivity contribution is 7.09. The molecule has 3 rings (SSSR count). The molecule has 0 aliphatic heterocycles. The predicted octanol–water partition coefficient (Wildman–Crippen LogP) is 4.17. The van der Waals surface area contributed by atoms with Gasteiger partial charge in [0.25, 0.3) is 0 Å². The van der Waals surface area contributed by atoms with Crippen LogP contribution in [0.5, 0.6) is 0 Å². The van der Waals surface area contributed by atoms with Crippen LogP contribution >= 0.6 is 22.9 Å². The lowest BCUT2D eigenvalue weighted by atomic mass is 10.2. The quantitative estimate of drug-likeness (QED) is 0.678. The average molecular weight is 305 g/mol. The minimum absolute atomic E-state index is 0.654. The first-order valence-corrected chi connectivity index (χ1v) is 7.64. The van der Waals surface area contributed by atoms with Crippen molar-refractivity contribution in [3.63, 3.8) is 0 Å². The third kappa shape index (κ3) is 2.37. The molecule has 0 aliphatic carbocycles. The molecule has 0 amide bonds. The van der Waals surface area contributed by atoms with Gasteiger partial charge in [-0.1, -0.05) is 24.6 Å². The number of aromatic nitrogens is 2. The lowest BCUT2D eigenvalue weighted by molar-refractivity contribution is 0.112. The van der Waals surface area contributed by atoms with E-state index in [1.807, 2.05) is 22.9 Å². The van der Waals surface area contributed by atoms with E-state index in [0.717, 1.165) is 34.3 Å². The standard InChI is InChI=1S/C15H13ClN2OS/c1-2-15-17-12(9-20-15)7-18-6-10(8-19)13-4-3-11(16)5-14(13)18/h3-6,8-9H,2,7H2,1H3. The van der Waals surface area contributed by atoms with Crippen LogP contribution in [0.4, 0.5) is 0 Å². The van der Waals surface area contributed by atoms with Gasteiger partial charge in [-0.05, 0) is 18.6 Å². The molecular formula is C15H13ClN2OS. The fraction of sp³-hybridized carbons (Fsp3) is 0.200. The molecule has 0 saturated carbocycles. The Balaban J connectivity index is 2.06. The summed E-state index contributed by atoms with van der Waals surface area (Å²) in [6.07, 6.45) is 3.69. The van der Waals surface area contributed by atoms with E-state index in [-0.39, 0.29) is 0 Å². The van der Waals surface area contributed by atoms with Crippen LogP contribution in [0.2, 0.25) is 5.02 Å². The van der Waals surface area contributed by atoms with E-state index in [4.69, 9.17) is 11.6 Å². The molecule has 0 unspecified atom stereocenters. The van der Waals surface area contributed by atoms with Gasteiger partial charge in [0.05, 0.1) is 22.8 Å². The SMILES string of the molecule is CCc1nc(Cn2cc(C=O)c3ccc(Cl)cc32)cs1. The van der Waals surface area contributed by atoms with Gasteiger partial charge in [0.2, 0.25) is 0 Å². The molecule has 2 aromatic heterocycles. The zero-order valence-corrected chi connectivity index (χ0v) is 12.5. The van der Waals surface area contributed by atoms with E-state index < -0.39 is 0 Å². The normalized spacial score (nSPS) is 11.1. The molecule has 3 nitrogen and oxygen atoms in total. The lowest BCUT2D eigenvalue weighted by Gasteiger charge is -2.03. The van der Waals surface area contributed by atoms with Gasteiger partial charge < -0.3 is 4.57 Å². The van der Waals surface area contributed by atoms with E-state index in [9.17, 15) is 4.79 Å². The summed E-state index contributed by atoms with van der Waals surface area (Å²) in [5.41, 5.74) is 2.66. The zero-order chi connectivity index (χ0) is 14.1. The van der Waals surface area contributed by atoms with Crippen molar-refractivity contribution in [3.05, 3.63) is 51.1 Å². The zero-order valence-electron chi connectivity index (χ0n) is 11.0. The summed E-state index contributed by atoms with van der Waals surface area (Å²) in [4.78, 5) is 15.7. The molecule has 0 aliphatic rings. The van der Waals surface area contributed by atoms with Crippen molar-refractivity contribution in [2.75, 3.05) is 0 Å². The Hall–Kier alpha value is -1.65. The number of benzene rings is 1. The van der Waals surface area contributed by atoms with Gasteiger partial charge in [-0.25, -0.2) is 4.98 Å². The summed E-state index contributed by atoms with van der Waals surface area (Å²) >= 11 is 7.73. The monoisotopic (exact) mass is 304 g/mol. The molecule has 20 heavy (non-hydrogen) atoms. The number of thiazole rings is 1. The van der Waals surface area contributed by atoms with Gasteiger partial charge in [0.1, 0.15) is 0 Å². The highest BCUT2D eigenvalue weighted by Gasteiger charge is 2.10. The molecule has 0 bridgehead atoms. The maximum absolute atomic E-state index is 11.2.